The van der Waals surface area contributed by atoms with Gasteiger partial charge in [0.05, 0.1) is 29.1 Å². The number of ether oxygens (including phenoxy) is 1. The number of hydrogen-bond acceptors (Lipinski definition) is 6. The number of methoxy groups -OCH3 is 1. The van der Waals surface area contributed by atoms with Crippen LogP contribution in [0.3, 0.4) is 0 Å². The Morgan fingerprint density at radius 1 is 1.27 bits per heavy atom. The first kappa shape index (κ1) is 11.2. The van der Waals surface area contributed by atoms with Crippen molar-refractivity contribution in [3.8, 4) is 5.75 Å². The maximum Gasteiger partial charge on any atom is 0.293 e. The molecule has 7 nitrogen and oxygen atoms in total. The summed E-state index contributed by atoms with van der Waals surface area (Å²) in [5.74, 6) is -0.000710. The standard InChI is InChI=1S/C7H6N2O5S/c1-14-6-3-4(8(10)11)2-5(7(6)15)9(12)13/h2-3,15H,1H3. The van der Waals surface area contributed by atoms with Crippen LogP contribution in [0.2, 0.25) is 0 Å². The smallest absolute Gasteiger partial charge is 0.293 e. The lowest BCUT2D eigenvalue weighted by Gasteiger charge is -2.03. The normalized spacial score (nSPS) is 9.73. The lowest BCUT2D eigenvalue weighted by atomic mass is 10.2. The third-order valence-electron chi connectivity index (χ3n) is 1.67. The molecule has 0 saturated heterocycles. The highest BCUT2D eigenvalue weighted by Crippen LogP contribution is 2.36. The Morgan fingerprint density at radius 2 is 1.87 bits per heavy atom. The maximum atomic E-state index is 10.5. The van der Waals surface area contributed by atoms with Crippen molar-refractivity contribution in [1.82, 2.24) is 0 Å². The molecule has 0 aromatic heterocycles. The molecule has 0 atom stereocenters. The lowest BCUT2D eigenvalue weighted by Crippen LogP contribution is -1.96. The first-order valence-corrected chi connectivity index (χ1v) is 4.12. The van der Waals surface area contributed by atoms with Crippen LogP contribution >= 0.6 is 12.6 Å². The summed E-state index contributed by atoms with van der Waals surface area (Å²) in [4.78, 5) is 19.5. The van der Waals surface area contributed by atoms with Crippen molar-refractivity contribution in [3.05, 3.63) is 32.4 Å². The number of benzene rings is 1. The number of rotatable bonds is 3. The largest absolute Gasteiger partial charge is 0.495 e. The monoisotopic (exact) mass is 230 g/mol. The summed E-state index contributed by atoms with van der Waals surface area (Å²) in [5, 5.41) is 21.0. The second kappa shape index (κ2) is 4.13. The highest BCUT2D eigenvalue weighted by Gasteiger charge is 2.22. The minimum Gasteiger partial charge on any atom is -0.495 e. The van der Waals surface area contributed by atoms with Crippen LogP contribution in [0.5, 0.6) is 5.75 Å². The van der Waals surface area contributed by atoms with E-state index in [-0.39, 0.29) is 10.6 Å². The first-order valence-electron chi connectivity index (χ1n) is 3.67. The zero-order valence-corrected chi connectivity index (χ0v) is 8.43. The number of non-ortho nitro benzene ring substituents is 1. The minimum absolute atomic E-state index is 0.000710. The minimum atomic E-state index is -0.752. The molecule has 0 aliphatic heterocycles. The number of nitro groups is 2. The second-order valence-electron chi connectivity index (χ2n) is 2.53. The van der Waals surface area contributed by atoms with Crippen molar-refractivity contribution in [3.63, 3.8) is 0 Å². The molecule has 0 saturated carbocycles. The quantitative estimate of drug-likeness (QED) is 0.485. The third kappa shape index (κ3) is 2.15. The van der Waals surface area contributed by atoms with Crippen LogP contribution in [-0.2, 0) is 0 Å². The van der Waals surface area contributed by atoms with Crippen LogP contribution in [0.4, 0.5) is 11.4 Å². The van der Waals surface area contributed by atoms with Crippen LogP contribution in [0, 0.1) is 20.2 Å². The van der Waals surface area contributed by atoms with Crippen LogP contribution in [0.15, 0.2) is 17.0 Å². The molecule has 0 spiro atoms. The Labute approximate surface area is 89.4 Å². The van der Waals surface area contributed by atoms with Gasteiger partial charge in [-0.1, -0.05) is 0 Å². The number of thiol groups is 1. The van der Waals surface area contributed by atoms with E-state index >= 15 is 0 Å². The number of nitro benzene ring substituents is 2. The van der Waals surface area contributed by atoms with E-state index in [4.69, 9.17) is 4.74 Å². The van der Waals surface area contributed by atoms with Crippen LogP contribution in [0.1, 0.15) is 0 Å². The van der Waals surface area contributed by atoms with Gasteiger partial charge in [-0.05, 0) is 0 Å². The van der Waals surface area contributed by atoms with Crippen LogP contribution in [-0.4, -0.2) is 17.0 Å². The van der Waals surface area contributed by atoms with E-state index in [0.29, 0.717) is 0 Å². The maximum absolute atomic E-state index is 10.5. The summed E-state index contributed by atoms with van der Waals surface area (Å²) in [6.07, 6.45) is 0. The molecule has 1 aromatic rings. The van der Waals surface area contributed by atoms with Gasteiger partial charge in [0.25, 0.3) is 11.4 Å². The van der Waals surface area contributed by atoms with Gasteiger partial charge in [-0.25, -0.2) is 0 Å². The van der Waals surface area contributed by atoms with Gasteiger partial charge in [-0.2, -0.15) is 0 Å². The summed E-state index contributed by atoms with van der Waals surface area (Å²) in [6.45, 7) is 0. The second-order valence-corrected chi connectivity index (χ2v) is 2.98. The zero-order chi connectivity index (χ0) is 11.6. The van der Waals surface area contributed by atoms with E-state index in [9.17, 15) is 20.2 Å². The van der Waals surface area contributed by atoms with E-state index < -0.39 is 21.2 Å². The molecule has 0 bridgehead atoms. The van der Waals surface area contributed by atoms with Crippen LogP contribution < -0.4 is 4.74 Å². The topological polar surface area (TPSA) is 95.5 Å². The fraction of sp³-hybridized carbons (Fsp3) is 0.143. The van der Waals surface area contributed by atoms with Gasteiger partial charge in [-0.15, -0.1) is 12.6 Å². The van der Waals surface area contributed by atoms with E-state index in [2.05, 4.69) is 12.6 Å². The van der Waals surface area contributed by atoms with Gasteiger partial charge in [0.2, 0.25) is 0 Å². The molecule has 0 heterocycles. The van der Waals surface area contributed by atoms with Gasteiger partial charge in [0.1, 0.15) is 10.6 Å². The molecule has 0 unspecified atom stereocenters. The molecule has 80 valence electrons. The highest BCUT2D eigenvalue weighted by molar-refractivity contribution is 7.80. The molecule has 0 aliphatic carbocycles. The average Bonchev–Trinajstić information content (AvgIpc) is 2.17. The van der Waals surface area contributed by atoms with Crippen molar-refractivity contribution in [2.75, 3.05) is 7.11 Å². The van der Waals surface area contributed by atoms with Gasteiger partial charge < -0.3 is 4.74 Å². The molecule has 0 radical (unpaired) electrons. The summed E-state index contributed by atoms with van der Waals surface area (Å²) in [7, 11) is 1.25. The first-order chi connectivity index (χ1) is 6.97. The Balaban J connectivity index is 3.45. The molecule has 0 fully saturated rings. The van der Waals surface area contributed by atoms with E-state index in [0.717, 1.165) is 12.1 Å². The average molecular weight is 230 g/mol. The van der Waals surface area contributed by atoms with Crippen molar-refractivity contribution < 1.29 is 14.6 Å². The van der Waals surface area contributed by atoms with Gasteiger partial charge in [-0.3, -0.25) is 20.2 Å². The fourth-order valence-electron chi connectivity index (χ4n) is 0.979. The Morgan fingerprint density at radius 3 is 2.27 bits per heavy atom. The predicted molar refractivity (Wildman–Crippen MR) is 53.6 cm³/mol. The van der Waals surface area contributed by atoms with Crippen molar-refractivity contribution in [1.29, 1.82) is 0 Å². The zero-order valence-electron chi connectivity index (χ0n) is 7.54. The molecular formula is C7H6N2O5S. The molecule has 15 heavy (non-hydrogen) atoms. The summed E-state index contributed by atoms with van der Waals surface area (Å²) >= 11 is 3.86. The Bertz CT molecular complexity index is 434. The molecule has 1 rings (SSSR count). The van der Waals surface area contributed by atoms with E-state index in [1.54, 1.807) is 0 Å². The number of nitrogens with zero attached hydrogens (tertiary/aromatic N) is 2. The SMILES string of the molecule is COc1cc([N+](=O)[O-])cc([N+](=O)[O-])c1S. The predicted octanol–water partition coefficient (Wildman–Crippen LogP) is 1.80. The van der Waals surface area contributed by atoms with Gasteiger partial charge in [0, 0.05) is 0 Å². The molecule has 0 amide bonds. The third-order valence-corrected chi connectivity index (χ3v) is 2.12. The van der Waals surface area contributed by atoms with Crippen LogP contribution in [0.25, 0.3) is 0 Å². The van der Waals surface area contributed by atoms with Gasteiger partial charge >= 0.3 is 0 Å². The molecule has 0 N–H and O–H groups in total. The Hall–Kier alpha value is -1.83. The van der Waals surface area contributed by atoms with E-state index in [1.165, 1.54) is 7.11 Å². The fourth-order valence-corrected chi connectivity index (χ4v) is 1.28. The molecule has 8 heteroatoms. The molecule has 1 aromatic carbocycles. The van der Waals surface area contributed by atoms with Gasteiger partial charge in [0.15, 0.2) is 0 Å². The van der Waals surface area contributed by atoms with E-state index in [1.807, 2.05) is 0 Å². The summed E-state index contributed by atoms with van der Waals surface area (Å²) < 4.78 is 4.74. The number of hydrogen-bond donors (Lipinski definition) is 1. The Kier molecular flexibility index (Phi) is 3.10. The molecule has 0 aliphatic rings. The summed E-state index contributed by atoms with van der Waals surface area (Å²) in [5.41, 5.74) is -0.860. The highest BCUT2D eigenvalue weighted by atomic mass is 32.1. The van der Waals surface area contributed by atoms with Crippen molar-refractivity contribution >= 4 is 24.0 Å². The van der Waals surface area contributed by atoms with Crippen molar-refractivity contribution in [2.24, 2.45) is 0 Å². The molecular weight excluding hydrogens is 224 g/mol. The summed E-state index contributed by atoms with van der Waals surface area (Å²) in [6, 6.07) is 1.92. The van der Waals surface area contributed by atoms with Crippen molar-refractivity contribution in [2.45, 2.75) is 4.90 Å². The lowest BCUT2D eigenvalue weighted by molar-refractivity contribution is -0.396.